The number of nitrogens with one attached hydrogen (secondary N) is 1. The van der Waals surface area contributed by atoms with E-state index in [1.165, 1.54) is 0 Å². The Balaban J connectivity index is 1.48. The molecule has 0 spiro atoms. The van der Waals surface area contributed by atoms with Gasteiger partial charge >= 0.3 is 12.1 Å². The third-order valence-electron chi connectivity index (χ3n) is 5.34. The molecule has 1 heterocycles. The van der Waals surface area contributed by atoms with Crippen molar-refractivity contribution in [1.82, 2.24) is 10.3 Å². The second kappa shape index (κ2) is 8.37. The van der Waals surface area contributed by atoms with Gasteiger partial charge in [-0.2, -0.15) is 0 Å². The molecule has 0 saturated carbocycles. The Morgan fingerprint density at radius 2 is 1.70 bits per heavy atom. The van der Waals surface area contributed by atoms with Crippen molar-refractivity contribution in [2.75, 3.05) is 6.61 Å². The first-order valence-electron chi connectivity index (χ1n) is 9.79. The number of carboxylic acid groups (broad SMARTS) is 1. The molecule has 0 radical (unpaired) electrons. The lowest BCUT2D eigenvalue weighted by Crippen LogP contribution is -2.31. The van der Waals surface area contributed by atoms with Crippen molar-refractivity contribution in [2.24, 2.45) is 0 Å². The zero-order chi connectivity index (χ0) is 21.1. The van der Waals surface area contributed by atoms with Crippen molar-refractivity contribution in [3.8, 4) is 11.1 Å². The van der Waals surface area contributed by atoms with Crippen LogP contribution in [0.1, 0.15) is 40.8 Å². The maximum absolute atomic E-state index is 12.5. The molecular formula is C24H22N2O4. The number of rotatable bonds is 6. The first kappa shape index (κ1) is 19.6. The highest BCUT2D eigenvalue weighted by molar-refractivity contribution is 5.79. The van der Waals surface area contributed by atoms with Crippen molar-refractivity contribution in [3.63, 3.8) is 0 Å². The van der Waals surface area contributed by atoms with Gasteiger partial charge in [-0.3, -0.25) is 9.78 Å². The molecule has 1 amide bonds. The molecule has 152 valence electrons. The monoisotopic (exact) mass is 402 g/mol. The summed E-state index contributed by atoms with van der Waals surface area (Å²) in [6.07, 6.45) is 0.713. The number of hydrogen-bond acceptors (Lipinski definition) is 4. The largest absolute Gasteiger partial charge is 0.481 e. The Labute approximate surface area is 174 Å². The zero-order valence-electron chi connectivity index (χ0n) is 16.5. The Morgan fingerprint density at radius 1 is 1.07 bits per heavy atom. The minimum Gasteiger partial charge on any atom is -0.481 e. The van der Waals surface area contributed by atoms with E-state index in [1.54, 1.807) is 18.3 Å². The smallest absolute Gasteiger partial charge is 0.407 e. The molecule has 1 aliphatic carbocycles. The lowest BCUT2D eigenvalue weighted by molar-refractivity contribution is -0.137. The van der Waals surface area contributed by atoms with E-state index >= 15 is 0 Å². The summed E-state index contributed by atoms with van der Waals surface area (Å²) in [7, 11) is 0. The van der Waals surface area contributed by atoms with Gasteiger partial charge in [-0.25, -0.2) is 4.79 Å². The number of hydrogen-bond donors (Lipinski definition) is 2. The van der Waals surface area contributed by atoms with Crippen LogP contribution in [0.3, 0.4) is 0 Å². The fourth-order valence-corrected chi connectivity index (χ4v) is 3.99. The van der Waals surface area contributed by atoms with E-state index in [4.69, 9.17) is 4.74 Å². The van der Waals surface area contributed by atoms with Crippen LogP contribution in [0.15, 0.2) is 66.9 Å². The second-order valence-corrected chi connectivity index (χ2v) is 7.35. The lowest BCUT2D eigenvalue weighted by atomic mass is 9.98. The summed E-state index contributed by atoms with van der Waals surface area (Å²) < 4.78 is 5.54. The van der Waals surface area contributed by atoms with Gasteiger partial charge in [0.25, 0.3) is 0 Å². The number of aromatic nitrogens is 1. The van der Waals surface area contributed by atoms with Crippen LogP contribution in [0.2, 0.25) is 0 Å². The number of carbonyl (C=O) groups excluding carboxylic acids is 1. The Hall–Kier alpha value is -3.67. The van der Waals surface area contributed by atoms with E-state index in [-0.39, 0.29) is 18.9 Å². The number of benzene rings is 2. The van der Waals surface area contributed by atoms with Crippen LogP contribution in [-0.4, -0.2) is 28.8 Å². The molecule has 30 heavy (non-hydrogen) atoms. The van der Waals surface area contributed by atoms with Gasteiger partial charge in [-0.15, -0.1) is 0 Å². The van der Waals surface area contributed by atoms with Gasteiger partial charge in [0, 0.05) is 17.8 Å². The van der Waals surface area contributed by atoms with E-state index in [9.17, 15) is 14.7 Å². The molecule has 0 saturated heterocycles. The summed E-state index contributed by atoms with van der Waals surface area (Å²) in [5.74, 6) is -1.06. The minimum absolute atomic E-state index is 0.0516. The highest BCUT2D eigenvalue weighted by Crippen LogP contribution is 2.44. The van der Waals surface area contributed by atoms with Crippen LogP contribution in [0.4, 0.5) is 4.79 Å². The van der Waals surface area contributed by atoms with Crippen LogP contribution in [0, 0.1) is 6.92 Å². The molecule has 0 unspecified atom stereocenters. The summed E-state index contributed by atoms with van der Waals surface area (Å²) in [5, 5.41) is 11.9. The summed E-state index contributed by atoms with van der Waals surface area (Å²) >= 11 is 0. The Morgan fingerprint density at radius 3 is 2.30 bits per heavy atom. The molecule has 6 nitrogen and oxygen atoms in total. The number of pyridine rings is 1. The van der Waals surface area contributed by atoms with E-state index < -0.39 is 18.1 Å². The molecule has 0 aliphatic heterocycles. The van der Waals surface area contributed by atoms with E-state index in [0.29, 0.717) is 5.56 Å². The number of amides is 1. The van der Waals surface area contributed by atoms with Gasteiger partial charge in [0.15, 0.2) is 0 Å². The van der Waals surface area contributed by atoms with Gasteiger partial charge in [0.1, 0.15) is 6.61 Å². The van der Waals surface area contributed by atoms with Gasteiger partial charge in [0.2, 0.25) is 0 Å². The highest BCUT2D eigenvalue weighted by Gasteiger charge is 2.29. The van der Waals surface area contributed by atoms with Gasteiger partial charge < -0.3 is 15.2 Å². The summed E-state index contributed by atoms with van der Waals surface area (Å²) in [4.78, 5) is 27.9. The predicted molar refractivity (Wildman–Crippen MR) is 112 cm³/mol. The molecule has 4 rings (SSSR count). The average Bonchev–Trinajstić information content (AvgIpc) is 3.05. The van der Waals surface area contributed by atoms with Crippen molar-refractivity contribution < 1.29 is 19.4 Å². The number of carboxylic acids is 1. The maximum Gasteiger partial charge on any atom is 0.407 e. The quantitative estimate of drug-likeness (QED) is 0.636. The zero-order valence-corrected chi connectivity index (χ0v) is 16.5. The van der Waals surface area contributed by atoms with Crippen molar-refractivity contribution in [3.05, 3.63) is 89.2 Å². The van der Waals surface area contributed by atoms with Crippen LogP contribution >= 0.6 is 0 Å². The standard InChI is InChI=1S/C24H22N2O4/c1-15-12-16(10-11-25-15)22(13-23(27)28)26-24(29)30-14-21-19-8-4-2-6-17(19)18-7-3-5-9-20(18)21/h2-12,21-22H,13-14H2,1H3,(H,26,29)(H,27,28)/t22-/m0/s1. The Kier molecular flexibility index (Phi) is 5.48. The number of nitrogens with zero attached hydrogens (tertiary/aromatic N) is 1. The number of carbonyl (C=O) groups is 2. The molecule has 0 fully saturated rings. The molecule has 3 aromatic rings. The van der Waals surface area contributed by atoms with Gasteiger partial charge in [-0.1, -0.05) is 48.5 Å². The van der Waals surface area contributed by atoms with Crippen molar-refractivity contribution in [2.45, 2.75) is 25.3 Å². The van der Waals surface area contributed by atoms with E-state index in [0.717, 1.165) is 27.9 Å². The topological polar surface area (TPSA) is 88.5 Å². The number of aryl methyl sites for hydroxylation is 1. The molecule has 1 aromatic heterocycles. The lowest BCUT2D eigenvalue weighted by Gasteiger charge is -2.19. The third-order valence-corrected chi connectivity index (χ3v) is 5.34. The average molecular weight is 402 g/mol. The molecule has 6 heteroatoms. The van der Waals surface area contributed by atoms with Crippen LogP contribution in [-0.2, 0) is 9.53 Å². The Bertz CT molecular complexity index is 1050. The molecule has 1 aliphatic rings. The highest BCUT2D eigenvalue weighted by atomic mass is 16.5. The number of ether oxygens (including phenoxy) is 1. The summed E-state index contributed by atoms with van der Waals surface area (Å²) in [6.45, 7) is 1.99. The number of aliphatic carboxylic acids is 1. The van der Waals surface area contributed by atoms with E-state index in [1.807, 2.05) is 43.3 Å². The van der Waals surface area contributed by atoms with E-state index in [2.05, 4.69) is 22.4 Å². The summed E-state index contributed by atoms with van der Waals surface area (Å²) in [5.41, 5.74) is 5.98. The fraction of sp³-hybridized carbons (Fsp3) is 0.208. The van der Waals surface area contributed by atoms with Crippen molar-refractivity contribution in [1.29, 1.82) is 0 Å². The molecular weight excluding hydrogens is 380 g/mol. The minimum atomic E-state index is -1.01. The van der Waals surface area contributed by atoms with Crippen LogP contribution < -0.4 is 5.32 Å². The van der Waals surface area contributed by atoms with Gasteiger partial charge in [0.05, 0.1) is 12.5 Å². The fourth-order valence-electron chi connectivity index (χ4n) is 3.99. The maximum atomic E-state index is 12.5. The van der Waals surface area contributed by atoms with Crippen molar-refractivity contribution >= 4 is 12.1 Å². The first-order valence-corrected chi connectivity index (χ1v) is 9.79. The molecule has 2 aromatic carbocycles. The van der Waals surface area contributed by atoms with Crippen LogP contribution in [0.5, 0.6) is 0 Å². The first-order chi connectivity index (χ1) is 14.5. The summed E-state index contributed by atoms with van der Waals surface area (Å²) in [6, 6.07) is 19.0. The van der Waals surface area contributed by atoms with Crippen LogP contribution in [0.25, 0.3) is 11.1 Å². The third kappa shape index (κ3) is 4.03. The van der Waals surface area contributed by atoms with Gasteiger partial charge in [-0.05, 0) is 46.9 Å². The molecule has 2 N–H and O–H groups in total. The number of alkyl carbamates (subject to hydrolysis) is 1. The SMILES string of the molecule is Cc1cc([C@H](CC(=O)O)NC(=O)OCC2c3ccccc3-c3ccccc32)ccn1. The normalized spacial score (nSPS) is 13.2. The molecule has 0 bridgehead atoms. The molecule has 1 atom stereocenters. The number of fused-ring (bicyclic) bond motifs is 3. The predicted octanol–water partition coefficient (Wildman–Crippen LogP) is 4.44. The second-order valence-electron chi connectivity index (χ2n) is 7.35.